The number of nitrogens with one attached hydrogen (secondary N) is 2. The molecule has 108 valence electrons. The number of rotatable bonds is 7. The van der Waals surface area contributed by atoms with Crippen molar-refractivity contribution >= 4 is 24.0 Å². The van der Waals surface area contributed by atoms with Gasteiger partial charge < -0.3 is 20.1 Å². The van der Waals surface area contributed by atoms with E-state index in [2.05, 4.69) is 10.6 Å². The fourth-order valence-corrected chi connectivity index (χ4v) is 1.55. The molecule has 1 aromatic carbocycles. The Bertz CT molecular complexity index is 399. The fourth-order valence-electron chi connectivity index (χ4n) is 1.55. The number of carbonyl (C=O) groups excluding carboxylic acids is 1. The van der Waals surface area contributed by atoms with Crippen LogP contribution in [-0.2, 0) is 4.79 Å². The molecule has 0 fully saturated rings. The first-order valence-electron chi connectivity index (χ1n) is 5.87. The summed E-state index contributed by atoms with van der Waals surface area (Å²) in [5, 5.41) is 5.83. The van der Waals surface area contributed by atoms with Crippen LogP contribution in [0.5, 0.6) is 11.5 Å². The quantitative estimate of drug-likeness (QED) is 0.754. The molecule has 0 aromatic heterocycles. The Morgan fingerprint density at radius 3 is 2.58 bits per heavy atom. The SMILES string of the molecule is CNCCCC(=O)Nc1cc(OC)ccc1OC.Cl. The molecule has 1 aromatic rings. The second-order valence-electron chi connectivity index (χ2n) is 3.82. The highest BCUT2D eigenvalue weighted by molar-refractivity contribution is 5.92. The van der Waals surface area contributed by atoms with Crippen molar-refractivity contribution in [3.05, 3.63) is 18.2 Å². The standard InChI is InChI=1S/C13H20N2O3.ClH/c1-14-8-4-5-13(16)15-11-9-10(17-2)6-7-12(11)18-3;/h6-7,9,14H,4-5,8H2,1-3H3,(H,15,16);1H. The minimum Gasteiger partial charge on any atom is -0.497 e. The summed E-state index contributed by atoms with van der Waals surface area (Å²) in [6, 6.07) is 5.30. The lowest BCUT2D eigenvalue weighted by Gasteiger charge is -2.11. The average Bonchev–Trinajstić information content (AvgIpc) is 2.39. The highest BCUT2D eigenvalue weighted by atomic mass is 35.5. The number of hydrogen-bond donors (Lipinski definition) is 2. The predicted octanol–water partition coefficient (Wildman–Crippen LogP) is 2.06. The molecule has 0 aliphatic rings. The van der Waals surface area contributed by atoms with Gasteiger partial charge in [0.15, 0.2) is 0 Å². The summed E-state index contributed by atoms with van der Waals surface area (Å²) >= 11 is 0. The molecule has 0 unspecified atom stereocenters. The Balaban J connectivity index is 0.00000324. The maximum absolute atomic E-state index is 11.7. The molecule has 0 atom stereocenters. The van der Waals surface area contributed by atoms with Crippen LogP contribution in [0.1, 0.15) is 12.8 Å². The maximum atomic E-state index is 11.7. The molecule has 0 bridgehead atoms. The van der Waals surface area contributed by atoms with Gasteiger partial charge >= 0.3 is 0 Å². The number of hydrogen-bond acceptors (Lipinski definition) is 4. The van der Waals surface area contributed by atoms with Crippen LogP contribution in [0.4, 0.5) is 5.69 Å². The molecular formula is C13H21ClN2O3. The van der Waals surface area contributed by atoms with E-state index in [1.54, 1.807) is 32.4 Å². The summed E-state index contributed by atoms with van der Waals surface area (Å²) < 4.78 is 10.3. The molecule has 0 aliphatic heterocycles. The summed E-state index contributed by atoms with van der Waals surface area (Å²) in [6.07, 6.45) is 1.27. The second kappa shape index (κ2) is 9.47. The molecule has 19 heavy (non-hydrogen) atoms. The molecule has 6 heteroatoms. The first kappa shape index (κ1) is 17.5. The number of ether oxygens (including phenoxy) is 2. The normalized spacial score (nSPS) is 9.42. The summed E-state index contributed by atoms with van der Waals surface area (Å²) in [4.78, 5) is 11.7. The monoisotopic (exact) mass is 288 g/mol. The van der Waals surface area contributed by atoms with E-state index in [1.807, 2.05) is 7.05 Å². The van der Waals surface area contributed by atoms with Crippen molar-refractivity contribution < 1.29 is 14.3 Å². The van der Waals surface area contributed by atoms with Crippen LogP contribution in [-0.4, -0.2) is 33.7 Å². The van der Waals surface area contributed by atoms with Crippen molar-refractivity contribution in [1.29, 1.82) is 0 Å². The van der Waals surface area contributed by atoms with E-state index in [9.17, 15) is 4.79 Å². The molecule has 0 saturated carbocycles. The van der Waals surface area contributed by atoms with Crippen molar-refractivity contribution in [1.82, 2.24) is 5.32 Å². The number of benzene rings is 1. The van der Waals surface area contributed by atoms with Crippen molar-refractivity contribution in [3.63, 3.8) is 0 Å². The third-order valence-electron chi connectivity index (χ3n) is 2.51. The van der Waals surface area contributed by atoms with Crippen LogP contribution in [0.15, 0.2) is 18.2 Å². The summed E-state index contributed by atoms with van der Waals surface area (Å²) in [5.41, 5.74) is 0.631. The zero-order valence-electron chi connectivity index (χ0n) is 11.5. The summed E-state index contributed by atoms with van der Waals surface area (Å²) in [5.74, 6) is 1.27. The van der Waals surface area contributed by atoms with Crippen LogP contribution < -0.4 is 20.1 Å². The fraction of sp³-hybridized carbons (Fsp3) is 0.462. The molecular weight excluding hydrogens is 268 g/mol. The van der Waals surface area contributed by atoms with Crippen LogP contribution in [0.2, 0.25) is 0 Å². The lowest BCUT2D eigenvalue weighted by Crippen LogP contribution is -2.15. The molecule has 0 heterocycles. The third kappa shape index (κ3) is 5.81. The minimum absolute atomic E-state index is 0. The Kier molecular flexibility index (Phi) is 8.74. The van der Waals surface area contributed by atoms with Gasteiger partial charge in [-0.05, 0) is 32.1 Å². The molecule has 0 aliphatic carbocycles. The number of carbonyl (C=O) groups is 1. The van der Waals surface area contributed by atoms with Gasteiger partial charge in [-0.1, -0.05) is 0 Å². The van der Waals surface area contributed by atoms with Gasteiger partial charge in [-0.3, -0.25) is 4.79 Å². The van der Waals surface area contributed by atoms with Gasteiger partial charge in [-0.15, -0.1) is 12.4 Å². The average molecular weight is 289 g/mol. The van der Waals surface area contributed by atoms with Crippen molar-refractivity contribution in [3.8, 4) is 11.5 Å². The van der Waals surface area contributed by atoms with E-state index in [0.29, 0.717) is 23.6 Å². The van der Waals surface area contributed by atoms with Crippen LogP contribution >= 0.6 is 12.4 Å². The Morgan fingerprint density at radius 2 is 2.00 bits per heavy atom. The van der Waals surface area contributed by atoms with Gasteiger partial charge in [0.1, 0.15) is 11.5 Å². The Morgan fingerprint density at radius 1 is 1.26 bits per heavy atom. The van der Waals surface area contributed by atoms with Crippen molar-refractivity contribution in [2.45, 2.75) is 12.8 Å². The van der Waals surface area contributed by atoms with Crippen LogP contribution in [0.3, 0.4) is 0 Å². The first-order chi connectivity index (χ1) is 8.71. The van der Waals surface area contributed by atoms with E-state index in [1.165, 1.54) is 0 Å². The topological polar surface area (TPSA) is 59.6 Å². The van der Waals surface area contributed by atoms with Gasteiger partial charge in [0, 0.05) is 12.5 Å². The van der Waals surface area contributed by atoms with E-state index in [-0.39, 0.29) is 18.3 Å². The highest BCUT2D eigenvalue weighted by Crippen LogP contribution is 2.28. The zero-order valence-corrected chi connectivity index (χ0v) is 12.3. The minimum atomic E-state index is -0.0307. The van der Waals surface area contributed by atoms with Crippen molar-refractivity contribution in [2.75, 3.05) is 33.1 Å². The second-order valence-corrected chi connectivity index (χ2v) is 3.82. The van der Waals surface area contributed by atoms with E-state index in [4.69, 9.17) is 9.47 Å². The first-order valence-corrected chi connectivity index (χ1v) is 5.87. The molecule has 1 rings (SSSR count). The smallest absolute Gasteiger partial charge is 0.224 e. The van der Waals surface area contributed by atoms with Gasteiger partial charge in [-0.25, -0.2) is 0 Å². The van der Waals surface area contributed by atoms with Gasteiger partial charge in [0.05, 0.1) is 19.9 Å². The third-order valence-corrected chi connectivity index (χ3v) is 2.51. The molecule has 2 N–H and O–H groups in total. The lowest BCUT2D eigenvalue weighted by atomic mass is 10.2. The van der Waals surface area contributed by atoms with Crippen molar-refractivity contribution in [2.24, 2.45) is 0 Å². The van der Waals surface area contributed by atoms with E-state index in [0.717, 1.165) is 13.0 Å². The van der Waals surface area contributed by atoms with Crippen LogP contribution in [0.25, 0.3) is 0 Å². The zero-order chi connectivity index (χ0) is 13.4. The lowest BCUT2D eigenvalue weighted by molar-refractivity contribution is -0.116. The summed E-state index contributed by atoms with van der Waals surface area (Å²) in [6.45, 7) is 0.822. The van der Waals surface area contributed by atoms with E-state index >= 15 is 0 Å². The number of halogens is 1. The predicted molar refractivity (Wildman–Crippen MR) is 78.6 cm³/mol. The van der Waals surface area contributed by atoms with Gasteiger partial charge in [0.25, 0.3) is 0 Å². The molecule has 0 saturated heterocycles. The Labute approximate surface area is 120 Å². The highest BCUT2D eigenvalue weighted by Gasteiger charge is 2.08. The molecule has 1 amide bonds. The van der Waals surface area contributed by atoms with Crippen LogP contribution in [0, 0.1) is 0 Å². The Hall–Kier alpha value is -1.46. The number of anilines is 1. The molecule has 0 radical (unpaired) electrons. The summed E-state index contributed by atoms with van der Waals surface area (Å²) in [7, 11) is 5.02. The number of methoxy groups -OCH3 is 2. The van der Waals surface area contributed by atoms with E-state index < -0.39 is 0 Å². The molecule has 5 nitrogen and oxygen atoms in total. The maximum Gasteiger partial charge on any atom is 0.224 e. The largest absolute Gasteiger partial charge is 0.497 e. The van der Waals surface area contributed by atoms with Gasteiger partial charge in [-0.2, -0.15) is 0 Å². The van der Waals surface area contributed by atoms with Gasteiger partial charge in [0.2, 0.25) is 5.91 Å². The number of amides is 1. The molecule has 0 spiro atoms.